The highest BCUT2D eigenvalue weighted by Gasteiger charge is 2.41. The Kier molecular flexibility index (Phi) is 7.68. The first-order chi connectivity index (χ1) is 15.9. The van der Waals surface area contributed by atoms with E-state index in [1.54, 1.807) is 15.9 Å². The molecular formula is C24H37BrN4O5S. The Labute approximate surface area is 217 Å². The summed E-state index contributed by atoms with van der Waals surface area (Å²) in [5.74, 6) is -0.0923. The van der Waals surface area contributed by atoms with E-state index >= 15 is 0 Å². The van der Waals surface area contributed by atoms with Crippen molar-refractivity contribution in [1.82, 2.24) is 14.1 Å². The number of rotatable bonds is 4. The van der Waals surface area contributed by atoms with E-state index in [2.05, 4.69) is 15.9 Å². The second-order valence-corrected chi connectivity index (χ2v) is 14.2. The van der Waals surface area contributed by atoms with Gasteiger partial charge in [0.25, 0.3) is 0 Å². The fourth-order valence-electron chi connectivity index (χ4n) is 4.54. The van der Waals surface area contributed by atoms with Gasteiger partial charge in [0.1, 0.15) is 5.60 Å². The summed E-state index contributed by atoms with van der Waals surface area (Å²) in [7, 11) is -0.717. The van der Waals surface area contributed by atoms with E-state index in [0.717, 1.165) is 9.87 Å². The minimum absolute atomic E-state index is 0.0923. The van der Waals surface area contributed by atoms with Crippen LogP contribution in [0.4, 0.5) is 10.5 Å². The fourth-order valence-corrected chi connectivity index (χ4v) is 6.45. The normalized spacial score (nSPS) is 20.8. The zero-order valence-electron chi connectivity index (χ0n) is 21.9. The SMILES string of the molecule is C[C@@H]1CN(CC(=O)N2CC(C)(C)c3cc(Br)c(S(=O)(=O)N(C)C)cc32)CCN1C(=O)OC(C)(C)C. The van der Waals surface area contributed by atoms with Crippen LogP contribution in [0.5, 0.6) is 0 Å². The van der Waals surface area contributed by atoms with Crippen LogP contribution in [0.3, 0.4) is 0 Å². The van der Waals surface area contributed by atoms with E-state index in [1.807, 2.05) is 52.5 Å². The molecule has 0 aliphatic carbocycles. The molecule has 0 saturated carbocycles. The molecule has 1 fully saturated rings. The molecule has 2 aliphatic heterocycles. The van der Waals surface area contributed by atoms with E-state index in [-0.39, 0.29) is 34.9 Å². The van der Waals surface area contributed by atoms with Crippen LogP contribution in [0.15, 0.2) is 21.5 Å². The quantitative estimate of drug-likeness (QED) is 0.550. The van der Waals surface area contributed by atoms with Crippen LogP contribution in [0.1, 0.15) is 47.1 Å². The molecule has 11 heteroatoms. The third-order valence-corrected chi connectivity index (χ3v) is 9.16. The molecule has 1 atom stereocenters. The van der Waals surface area contributed by atoms with E-state index in [0.29, 0.717) is 36.3 Å². The van der Waals surface area contributed by atoms with E-state index in [9.17, 15) is 18.0 Å². The molecule has 0 N–H and O–H groups in total. The predicted molar refractivity (Wildman–Crippen MR) is 139 cm³/mol. The summed E-state index contributed by atoms with van der Waals surface area (Å²) in [4.78, 5) is 31.5. The summed E-state index contributed by atoms with van der Waals surface area (Å²) >= 11 is 3.42. The van der Waals surface area contributed by atoms with Gasteiger partial charge in [-0.15, -0.1) is 0 Å². The summed E-state index contributed by atoms with van der Waals surface area (Å²) in [6.07, 6.45) is -0.341. The molecule has 0 unspecified atom stereocenters. The molecular weight excluding hydrogens is 536 g/mol. The Hall–Kier alpha value is -1.69. The summed E-state index contributed by atoms with van der Waals surface area (Å²) in [6, 6.07) is 3.33. The van der Waals surface area contributed by atoms with Crippen LogP contribution in [0.25, 0.3) is 0 Å². The zero-order chi connectivity index (χ0) is 26.5. The Bertz CT molecular complexity index is 1110. The highest BCUT2D eigenvalue weighted by atomic mass is 79.9. The maximum Gasteiger partial charge on any atom is 0.410 e. The first-order valence-corrected chi connectivity index (χ1v) is 14.0. The van der Waals surface area contributed by atoms with Crippen LogP contribution in [0, 0.1) is 0 Å². The van der Waals surface area contributed by atoms with Crippen molar-refractivity contribution >= 4 is 43.6 Å². The smallest absolute Gasteiger partial charge is 0.410 e. The van der Waals surface area contributed by atoms with Crippen LogP contribution in [0.2, 0.25) is 0 Å². The minimum atomic E-state index is -3.69. The van der Waals surface area contributed by atoms with Gasteiger partial charge in [-0.3, -0.25) is 9.69 Å². The van der Waals surface area contributed by atoms with Crippen molar-refractivity contribution in [3.63, 3.8) is 0 Å². The lowest BCUT2D eigenvalue weighted by Crippen LogP contribution is -2.56. The van der Waals surface area contributed by atoms with Gasteiger partial charge in [-0.2, -0.15) is 0 Å². The molecule has 0 spiro atoms. The van der Waals surface area contributed by atoms with Gasteiger partial charge in [0.2, 0.25) is 15.9 Å². The number of fused-ring (bicyclic) bond motifs is 1. The lowest BCUT2D eigenvalue weighted by atomic mass is 9.87. The van der Waals surface area contributed by atoms with Crippen molar-refractivity contribution in [3.05, 3.63) is 22.2 Å². The number of nitrogens with zero attached hydrogens (tertiary/aromatic N) is 4. The number of amides is 2. The van der Waals surface area contributed by atoms with Gasteiger partial charge in [-0.1, -0.05) is 13.8 Å². The van der Waals surface area contributed by atoms with E-state index < -0.39 is 15.6 Å². The van der Waals surface area contributed by atoms with Crippen molar-refractivity contribution in [2.45, 2.75) is 63.5 Å². The van der Waals surface area contributed by atoms with Crippen LogP contribution in [-0.4, -0.2) is 93.0 Å². The molecule has 35 heavy (non-hydrogen) atoms. The average molecular weight is 574 g/mol. The van der Waals surface area contributed by atoms with Crippen LogP contribution >= 0.6 is 15.9 Å². The Morgan fingerprint density at radius 2 is 1.83 bits per heavy atom. The summed E-state index contributed by atoms with van der Waals surface area (Å²) in [5, 5.41) is 0. The molecule has 1 aromatic rings. The van der Waals surface area contributed by atoms with Crippen molar-refractivity contribution in [2.75, 3.05) is 51.7 Å². The number of benzene rings is 1. The standard InChI is InChI=1S/C24H37BrN4O5S/c1-16-13-27(9-10-28(16)22(31)34-23(2,3)4)14-21(30)29-15-24(5,6)17-11-18(25)20(12-19(17)29)35(32,33)26(7)8/h11-12,16H,9-10,13-15H2,1-8H3/t16-/m1/s1. The average Bonchev–Trinajstić information content (AvgIpc) is 2.96. The lowest BCUT2D eigenvalue weighted by Gasteiger charge is -2.40. The van der Waals surface area contributed by atoms with Crippen molar-refractivity contribution in [2.24, 2.45) is 0 Å². The number of carbonyl (C=O) groups excluding carboxylic acids is 2. The number of piperazine rings is 1. The molecule has 1 aromatic carbocycles. The maximum absolute atomic E-state index is 13.5. The number of hydrogen-bond acceptors (Lipinski definition) is 6. The van der Waals surface area contributed by atoms with Gasteiger partial charge in [0.05, 0.1) is 11.4 Å². The molecule has 0 bridgehead atoms. The summed E-state index contributed by atoms with van der Waals surface area (Å²) < 4.78 is 32.9. The molecule has 2 amide bonds. The summed E-state index contributed by atoms with van der Waals surface area (Å²) in [5.41, 5.74) is 0.673. The monoisotopic (exact) mass is 572 g/mol. The Balaban J connectivity index is 1.78. The number of ether oxygens (including phenoxy) is 1. The van der Waals surface area contributed by atoms with Crippen molar-refractivity contribution in [1.29, 1.82) is 0 Å². The van der Waals surface area contributed by atoms with Gasteiger partial charge >= 0.3 is 6.09 Å². The third kappa shape index (κ3) is 5.84. The Morgan fingerprint density at radius 1 is 1.20 bits per heavy atom. The fraction of sp³-hybridized carbons (Fsp3) is 0.667. The number of halogens is 1. The Morgan fingerprint density at radius 3 is 2.37 bits per heavy atom. The third-order valence-electron chi connectivity index (χ3n) is 6.38. The molecule has 1 saturated heterocycles. The van der Waals surface area contributed by atoms with Crippen molar-refractivity contribution < 1.29 is 22.7 Å². The minimum Gasteiger partial charge on any atom is -0.444 e. The topological polar surface area (TPSA) is 90.5 Å². The van der Waals surface area contributed by atoms with Gasteiger partial charge in [0, 0.05) is 61.9 Å². The maximum atomic E-state index is 13.5. The molecule has 0 radical (unpaired) electrons. The second-order valence-electron chi connectivity index (χ2n) is 11.2. The first-order valence-electron chi connectivity index (χ1n) is 11.7. The predicted octanol–water partition coefficient (Wildman–Crippen LogP) is 3.26. The zero-order valence-corrected chi connectivity index (χ0v) is 24.3. The number of sulfonamides is 1. The van der Waals surface area contributed by atoms with E-state index in [4.69, 9.17) is 4.74 Å². The van der Waals surface area contributed by atoms with Gasteiger partial charge in [0.15, 0.2) is 0 Å². The number of carbonyl (C=O) groups is 2. The highest BCUT2D eigenvalue weighted by molar-refractivity contribution is 9.10. The molecule has 196 valence electrons. The van der Waals surface area contributed by atoms with Crippen LogP contribution < -0.4 is 4.90 Å². The molecule has 3 rings (SSSR count). The lowest BCUT2D eigenvalue weighted by molar-refractivity contribution is -0.120. The highest BCUT2D eigenvalue weighted by Crippen LogP contribution is 2.44. The summed E-state index contributed by atoms with van der Waals surface area (Å²) in [6.45, 7) is 13.8. The van der Waals surface area contributed by atoms with E-state index in [1.165, 1.54) is 14.1 Å². The molecule has 2 heterocycles. The molecule has 2 aliphatic rings. The molecule has 0 aromatic heterocycles. The number of hydrogen-bond donors (Lipinski definition) is 0. The van der Waals surface area contributed by atoms with Gasteiger partial charge in [-0.25, -0.2) is 17.5 Å². The van der Waals surface area contributed by atoms with Gasteiger partial charge < -0.3 is 14.5 Å². The molecule has 9 nitrogen and oxygen atoms in total. The van der Waals surface area contributed by atoms with Gasteiger partial charge in [-0.05, 0) is 61.3 Å². The second kappa shape index (κ2) is 9.64. The van der Waals surface area contributed by atoms with Crippen molar-refractivity contribution in [3.8, 4) is 0 Å². The largest absolute Gasteiger partial charge is 0.444 e. The van der Waals surface area contributed by atoms with Crippen LogP contribution in [-0.2, 0) is 25.0 Å². The first kappa shape index (κ1) is 27.9. The number of anilines is 1.